The van der Waals surface area contributed by atoms with Crippen molar-refractivity contribution in [2.75, 3.05) is 9.80 Å². The minimum atomic E-state index is -1.15. The van der Waals surface area contributed by atoms with E-state index in [1.165, 1.54) is 0 Å². The van der Waals surface area contributed by atoms with Crippen molar-refractivity contribution in [1.82, 2.24) is 5.43 Å². The number of carbonyl (C=O) groups is 1. The van der Waals surface area contributed by atoms with Gasteiger partial charge in [0, 0.05) is 44.6 Å². The molecule has 0 bridgehead atoms. The lowest BCUT2D eigenvalue weighted by Gasteiger charge is -2.44. The van der Waals surface area contributed by atoms with Gasteiger partial charge in [-0.1, -0.05) is 103 Å². The van der Waals surface area contributed by atoms with Crippen LogP contribution in [0.5, 0.6) is 0 Å². The minimum Gasteiger partial charge on any atom is -0.257 e. The van der Waals surface area contributed by atoms with Crippen LogP contribution >= 0.6 is 0 Å². The highest BCUT2D eigenvalue weighted by molar-refractivity contribution is 6.11. The highest BCUT2D eigenvalue weighted by atomic mass is 16.2. The van der Waals surface area contributed by atoms with Crippen molar-refractivity contribution in [3.8, 4) is 11.1 Å². The van der Waals surface area contributed by atoms with Crippen molar-refractivity contribution >= 4 is 23.1 Å². The molecule has 186 valence electrons. The van der Waals surface area contributed by atoms with Crippen LogP contribution in [0.4, 0.5) is 21.9 Å². The van der Waals surface area contributed by atoms with E-state index < -0.39 is 11.3 Å². The molecule has 0 saturated carbocycles. The Morgan fingerprint density at radius 1 is 0.564 bits per heavy atom. The molecule has 0 unspecified atom stereocenters. The zero-order valence-corrected chi connectivity index (χ0v) is 21.0. The number of azo groups is 1. The number of para-hydroxylation sites is 3. The summed E-state index contributed by atoms with van der Waals surface area (Å²) in [6.45, 7) is 0. The van der Waals surface area contributed by atoms with Crippen molar-refractivity contribution in [3.05, 3.63) is 151 Å². The molecule has 1 aliphatic carbocycles. The number of benzene rings is 5. The first-order valence-electron chi connectivity index (χ1n) is 13.1. The van der Waals surface area contributed by atoms with Gasteiger partial charge >= 0.3 is 6.03 Å². The fourth-order valence-electron chi connectivity index (χ4n) is 6.51. The smallest absolute Gasteiger partial charge is 0.257 e. The van der Waals surface area contributed by atoms with Crippen molar-refractivity contribution < 1.29 is 9.60 Å². The Bertz CT molecular complexity index is 1770. The van der Waals surface area contributed by atoms with Crippen molar-refractivity contribution in [3.63, 3.8) is 0 Å². The zero-order chi connectivity index (χ0) is 26.0. The second-order valence-corrected chi connectivity index (χ2v) is 9.96. The number of anilines is 2. The summed E-state index contributed by atoms with van der Waals surface area (Å²) in [6.07, 6.45) is 0. The SMILES string of the molecule is O=C1N(c2ccccc2)[C@@]23N=[N+](c4ccccc4)N[C@@]2(c2ccccc2-c2ccccc23)N1c1ccccc1. The molecule has 2 atom stereocenters. The normalized spacial score (nSPS) is 22.4. The van der Waals surface area contributed by atoms with Crippen LogP contribution in [0.25, 0.3) is 11.1 Å². The van der Waals surface area contributed by atoms with Gasteiger partial charge in [-0.15, -0.1) is 5.43 Å². The van der Waals surface area contributed by atoms with Gasteiger partial charge < -0.3 is 0 Å². The molecular formula is C33H24N5O+. The third-order valence-electron chi connectivity index (χ3n) is 8.00. The topological polar surface area (TPSA) is 51.0 Å². The second-order valence-electron chi connectivity index (χ2n) is 9.96. The van der Waals surface area contributed by atoms with E-state index in [2.05, 4.69) is 41.8 Å². The molecule has 0 radical (unpaired) electrons. The first-order valence-corrected chi connectivity index (χ1v) is 13.1. The molecule has 2 heterocycles. The van der Waals surface area contributed by atoms with Crippen molar-refractivity contribution in [2.45, 2.75) is 11.3 Å². The minimum absolute atomic E-state index is 0.150. The highest BCUT2D eigenvalue weighted by Gasteiger charge is 2.80. The predicted molar refractivity (Wildman–Crippen MR) is 150 cm³/mol. The van der Waals surface area contributed by atoms with E-state index in [-0.39, 0.29) is 6.03 Å². The summed E-state index contributed by atoms with van der Waals surface area (Å²) in [5.41, 5.74) is 8.09. The molecule has 6 heteroatoms. The lowest BCUT2D eigenvalue weighted by atomic mass is 9.71. The Kier molecular flexibility index (Phi) is 4.41. The zero-order valence-electron chi connectivity index (χ0n) is 21.0. The van der Waals surface area contributed by atoms with Gasteiger partial charge in [-0.2, -0.15) is 0 Å². The Hall–Kier alpha value is -5.23. The number of carbonyl (C=O) groups excluding carboxylic acids is 1. The number of nitrogens with zero attached hydrogens (tertiary/aromatic N) is 4. The van der Waals surface area contributed by atoms with Crippen LogP contribution < -0.4 is 15.2 Å². The van der Waals surface area contributed by atoms with Gasteiger partial charge in [-0.3, -0.25) is 9.80 Å². The Balaban J connectivity index is 1.56. The monoisotopic (exact) mass is 506 g/mol. The van der Waals surface area contributed by atoms with Crippen LogP contribution in [0.1, 0.15) is 11.1 Å². The fraction of sp³-hybridized carbons (Fsp3) is 0.0606. The first kappa shape index (κ1) is 21.8. The van der Waals surface area contributed by atoms with Gasteiger partial charge in [0.25, 0.3) is 17.0 Å². The first-order chi connectivity index (χ1) is 19.3. The van der Waals surface area contributed by atoms with Gasteiger partial charge in [-0.05, 0) is 35.4 Å². The molecule has 1 saturated heterocycles. The molecule has 6 nitrogen and oxygen atoms in total. The molecule has 5 aromatic carbocycles. The van der Waals surface area contributed by atoms with Gasteiger partial charge in [0.2, 0.25) is 0 Å². The largest absolute Gasteiger partial charge is 0.334 e. The summed E-state index contributed by atoms with van der Waals surface area (Å²) >= 11 is 0. The van der Waals surface area contributed by atoms with Gasteiger partial charge in [0.05, 0.1) is 0 Å². The van der Waals surface area contributed by atoms with Crippen molar-refractivity contribution in [2.24, 2.45) is 5.11 Å². The molecule has 0 aromatic heterocycles. The van der Waals surface area contributed by atoms with Crippen LogP contribution in [0, 0.1) is 0 Å². The Labute approximate surface area is 226 Å². The van der Waals surface area contributed by atoms with E-state index in [0.29, 0.717) is 0 Å². The van der Waals surface area contributed by atoms with Gasteiger partial charge in [-0.25, -0.2) is 4.79 Å². The summed E-state index contributed by atoms with van der Waals surface area (Å²) in [5, 5.41) is 5.47. The molecule has 39 heavy (non-hydrogen) atoms. The lowest BCUT2D eigenvalue weighted by molar-refractivity contribution is -0.568. The molecule has 3 aliphatic rings. The molecule has 2 amide bonds. The summed E-state index contributed by atoms with van der Waals surface area (Å²) in [7, 11) is 0. The summed E-state index contributed by atoms with van der Waals surface area (Å²) in [4.78, 5) is 20.5. The number of hydrazine groups is 1. The molecule has 1 fully saturated rings. The van der Waals surface area contributed by atoms with E-state index in [1.807, 2.05) is 118 Å². The van der Waals surface area contributed by atoms with E-state index in [0.717, 1.165) is 39.3 Å². The number of fused-ring (bicyclic) bond motifs is 3. The van der Waals surface area contributed by atoms with E-state index in [1.54, 1.807) is 0 Å². The maximum absolute atomic E-state index is 14.9. The molecule has 2 aliphatic heterocycles. The fourth-order valence-corrected chi connectivity index (χ4v) is 6.51. The summed E-state index contributed by atoms with van der Waals surface area (Å²) < 4.78 is 0. The molecule has 1 N–H and O–H groups in total. The van der Waals surface area contributed by atoms with Crippen LogP contribution in [-0.2, 0) is 11.3 Å². The standard InChI is InChI=1S/C33H24N5O/c39-31-36(24-14-4-1-5-15-24)32-29-22-12-10-20-27(29)28-21-11-13-23-30(28)33(32,37(31)25-16-6-2-7-17-25)35-38(34-32)26-18-8-3-9-19-26/h1-23H,(H,34,35)/q+1/t32-,33+. The maximum Gasteiger partial charge on any atom is 0.334 e. The van der Waals surface area contributed by atoms with Crippen LogP contribution in [0.2, 0.25) is 0 Å². The number of amides is 2. The average molecular weight is 507 g/mol. The maximum atomic E-state index is 14.9. The third-order valence-corrected chi connectivity index (χ3v) is 8.00. The number of hydrogen-bond acceptors (Lipinski definition) is 3. The average Bonchev–Trinajstić information content (AvgIpc) is 3.47. The summed E-state index contributed by atoms with van der Waals surface area (Å²) in [5.74, 6) is 0. The molecule has 5 aromatic rings. The van der Waals surface area contributed by atoms with Crippen molar-refractivity contribution in [1.29, 1.82) is 0 Å². The predicted octanol–water partition coefficient (Wildman–Crippen LogP) is 7.13. The van der Waals surface area contributed by atoms with E-state index in [9.17, 15) is 4.79 Å². The lowest BCUT2D eigenvalue weighted by Crippen LogP contribution is -2.63. The second kappa shape index (κ2) is 7.88. The highest BCUT2D eigenvalue weighted by Crippen LogP contribution is 2.64. The quantitative estimate of drug-likeness (QED) is 0.265. The summed E-state index contributed by atoms with van der Waals surface area (Å²) in [6, 6.07) is 46.3. The van der Waals surface area contributed by atoms with E-state index in [4.69, 9.17) is 5.11 Å². The molecule has 0 spiro atoms. The van der Waals surface area contributed by atoms with Crippen LogP contribution in [0.15, 0.2) is 145 Å². The van der Waals surface area contributed by atoms with E-state index >= 15 is 0 Å². The Morgan fingerprint density at radius 3 is 1.69 bits per heavy atom. The van der Waals surface area contributed by atoms with Crippen LogP contribution in [-0.4, -0.2) is 10.8 Å². The van der Waals surface area contributed by atoms with Gasteiger partial charge in [0.1, 0.15) is 0 Å². The number of nitrogens with one attached hydrogen (secondary N) is 1. The third kappa shape index (κ3) is 2.67. The number of rotatable bonds is 3. The number of urea groups is 1. The number of hydrogen-bond donors (Lipinski definition) is 1. The van der Waals surface area contributed by atoms with Crippen LogP contribution in [0.3, 0.4) is 0 Å². The molecular weight excluding hydrogens is 482 g/mol. The molecule has 8 rings (SSSR count). The Morgan fingerprint density at radius 2 is 1.05 bits per heavy atom. The van der Waals surface area contributed by atoms with Gasteiger partial charge in [0.15, 0.2) is 0 Å².